The molecule has 1 heterocycles. The first-order chi connectivity index (χ1) is 6.80. The van der Waals surface area contributed by atoms with Gasteiger partial charge in [-0.15, -0.1) is 0 Å². The lowest BCUT2D eigenvalue weighted by molar-refractivity contribution is -0.144. The molecule has 0 bridgehead atoms. The van der Waals surface area contributed by atoms with E-state index in [9.17, 15) is 13.2 Å². The third-order valence-corrected chi connectivity index (χ3v) is 3.42. The number of rotatable bonds is 2. The van der Waals surface area contributed by atoms with Crippen LogP contribution in [0.15, 0.2) is 0 Å². The summed E-state index contributed by atoms with van der Waals surface area (Å²) in [6.07, 6.45) is 0.824. The second kappa shape index (κ2) is 4.46. The highest BCUT2D eigenvalue weighted by atomic mass is 32.2. The van der Waals surface area contributed by atoms with E-state index in [1.165, 1.54) is 0 Å². The van der Waals surface area contributed by atoms with Gasteiger partial charge in [-0.05, 0) is 20.5 Å². The van der Waals surface area contributed by atoms with Gasteiger partial charge >= 0.3 is 16.1 Å². The van der Waals surface area contributed by atoms with E-state index in [1.807, 2.05) is 4.90 Å². The molecule has 1 saturated heterocycles. The fourth-order valence-corrected chi connectivity index (χ4v) is 2.22. The predicted octanol–water partition coefficient (Wildman–Crippen LogP) is -0.142. The summed E-state index contributed by atoms with van der Waals surface area (Å²) >= 11 is 0. The molecule has 0 aliphatic carbocycles. The van der Waals surface area contributed by atoms with E-state index in [4.69, 9.17) is 4.55 Å². The fourth-order valence-electron chi connectivity index (χ4n) is 1.53. The summed E-state index contributed by atoms with van der Waals surface area (Å²) < 4.78 is 35.3. The van der Waals surface area contributed by atoms with Crippen molar-refractivity contribution in [2.75, 3.05) is 14.1 Å². The quantitative estimate of drug-likeness (QED) is 0.531. The van der Waals surface area contributed by atoms with Crippen molar-refractivity contribution in [3.8, 4) is 0 Å². The molecule has 88 valence electrons. The molecule has 0 radical (unpaired) electrons. The van der Waals surface area contributed by atoms with Crippen molar-refractivity contribution in [3.63, 3.8) is 0 Å². The molecule has 2 unspecified atom stereocenters. The largest absolute Gasteiger partial charge is 0.443 e. The van der Waals surface area contributed by atoms with Gasteiger partial charge in [0.25, 0.3) is 0 Å². The summed E-state index contributed by atoms with van der Waals surface area (Å²) in [5.41, 5.74) is -1.43. The van der Waals surface area contributed by atoms with Crippen molar-refractivity contribution in [1.29, 1.82) is 0 Å². The summed E-state index contributed by atoms with van der Waals surface area (Å²) in [5.74, 6) is -0.582. The molecule has 0 amide bonds. The van der Waals surface area contributed by atoms with Crippen molar-refractivity contribution in [1.82, 2.24) is 4.90 Å². The van der Waals surface area contributed by atoms with Gasteiger partial charge in [0.05, 0.1) is 0 Å². The van der Waals surface area contributed by atoms with Crippen molar-refractivity contribution >= 4 is 16.1 Å². The van der Waals surface area contributed by atoms with Crippen LogP contribution in [0.4, 0.5) is 0 Å². The Bertz CT molecular complexity index is 337. The Kier molecular flexibility index (Phi) is 3.69. The Labute approximate surface area is 89.0 Å². The van der Waals surface area contributed by atoms with Crippen LogP contribution in [-0.4, -0.2) is 49.4 Å². The minimum absolute atomic E-state index is 0.0802. The van der Waals surface area contributed by atoms with Crippen LogP contribution in [0.3, 0.4) is 0 Å². The Hall–Kier alpha value is -0.660. The van der Waals surface area contributed by atoms with Gasteiger partial charge in [0.15, 0.2) is 0 Å². The number of ether oxygens (including phenoxy) is 1. The van der Waals surface area contributed by atoms with Gasteiger partial charge in [-0.1, -0.05) is 0 Å². The molecule has 0 aromatic heterocycles. The number of carbonyl (C=O) groups excluding carboxylic acids is 1. The third kappa shape index (κ3) is 3.44. The van der Waals surface area contributed by atoms with E-state index in [0.29, 0.717) is 6.42 Å². The molecule has 6 nitrogen and oxygen atoms in total. The van der Waals surface area contributed by atoms with Gasteiger partial charge in [-0.2, -0.15) is 8.42 Å². The number of nitrogens with zero attached hydrogens (tertiary/aromatic N) is 1. The summed E-state index contributed by atoms with van der Waals surface area (Å²) in [6.45, 7) is 0. The molecule has 15 heavy (non-hydrogen) atoms. The van der Waals surface area contributed by atoms with Crippen molar-refractivity contribution in [2.45, 2.75) is 30.7 Å². The Morgan fingerprint density at radius 2 is 2.07 bits per heavy atom. The maximum absolute atomic E-state index is 11.1. The van der Waals surface area contributed by atoms with Crippen molar-refractivity contribution < 1.29 is 22.5 Å². The molecule has 1 aliphatic rings. The van der Waals surface area contributed by atoms with Crippen LogP contribution >= 0.6 is 0 Å². The second-order valence-electron chi connectivity index (χ2n) is 3.83. The lowest BCUT2D eigenvalue weighted by Crippen LogP contribution is -2.34. The van der Waals surface area contributed by atoms with Crippen LogP contribution in [0.1, 0.15) is 19.3 Å². The van der Waals surface area contributed by atoms with Crippen molar-refractivity contribution in [2.24, 2.45) is 0 Å². The predicted molar refractivity (Wildman–Crippen MR) is 52.8 cm³/mol. The van der Waals surface area contributed by atoms with Crippen LogP contribution in [0.2, 0.25) is 0 Å². The minimum atomic E-state index is -4.32. The third-order valence-electron chi connectivity index (χ3n) is 2.47. The average Bonchev–Trinajstić information content (AvgIpc) is 2.25. The van der Waals surface area contributed by atoms with E-state index in [0.717, 1.165) is 0 Å². The number of hydrogen-bond acceptors (Lipinski definition) is 5. The highest BCUT2D eigenvalue weighted by molar-refractivity contribution is 7.86. The molecular weight excluding hydrogens is 222 g/mol. The van der Waals surface area contributed by atoms with E-state index in [1.54, 1.807) is 14.1 Å². The van der Waals surface area contributed by atoms with Crippen LogP contribution in [-0.2, 0) is 19.6 Å². The first-order valence-corrected chi connectivity index (χ1v) is 6.13. The van der Waals surface area contributed by atoms with Gasteiger partial charge in [0.1, 0.15) is 0 Å². The fraction of sp³-hybridized carbons (Fsp3) is 0.875. The topological polar surface area (TPSA) is 83.9 Å². The lowest BCUT2D eigenvalue weighted by Gasteiger charge is -2.23. The monoisotopic (exact) mass is 237 g/mol. The molecule has 1 N–H and O–H groups in total. The van der Waals surface area contributed by atoms with Gasteiger partial charge in [-0.25, -0.2) is 0 Å². The van der Waals surface area contributed by atoms with Gasteiger partial charge in [0, 0.05) is 18.9 Å². The molecule has 1 fully saturated rings. The lowest BCUT2D eigenvalue weighted by atomic mass is 10.1. The van der Waals surface area contributed by atoms with Crippen LogP contribution in [0.25, 0.3) is 0 Å². The highest BCUT2D eigenvalue weighted by Crippen LogP contribution is 2.21. The molecule has 0 aromatic carbocycles. The minimum Gasteiger partial charge on any atom is -0.443 e. The molecule has 0 spiro atoms. The highest BCUT2D eigenvalue weighted by Gasteiger charge is 2.34. The number of cyclic esters (lactones) is 1. The van der Waals surface area contributed by atoms with Crippen LogP contribution in [0.5, 0.6) is 0 Å². The normalized spacial score (nSPS) is 28.7. The van der Waals surface area contributed by atoms with Gasteiger partial charge in [-0.3, -0.25) is 9.35 Å². The van der Waals surface area contributed by atoms with E-state index >= 15 is 0 Å². The maximum Gasteiger partial charge on any atom is 0.307 e. The number of hydrogen-bond donors (Lipinski definition) is 1. The first kappa shape index (κ1) is 12.4. The van der Waals surface area contributed by atoms with Gasteiger partial charge < -0.3 is 9.64 Å². The number of carbonyl (C=O) groups is 1. The standard InChI is InChI=1S/C8H15NO5S/c1-9(2)6-3-4-7(10)14-8(5-6)15(11,12)13/h6,8H,3-5H2,1-2H3,(H,11,12,13). The SMILES string of the molecule is CN(C)C1CCC(=O)OC(S(=O)(=O)O)C1. The molecule has 7 heteroatoms. The second-order valence-corrected chi connectivity index (χ2v) is 5.38. The molecule has 2 atom stereocenters. The smallest absolute Gasteiger partial charge is 0.307 e. The van der Waals surface area contributed by atoms with Gasteiger partial charge in [0.2, 0.25) is 5.44 Å². The molecule has 1 rings (SSSR count). The Morgan fingerprint density at radius 1 is 1.47 bits per heavy atom. The maximum atomic E-state index is 11.1. The molecular formula is C8H15NO5S. The zero-order valence-electron chi connectivity index (χ0n) is 8.71. The van der Waals surface area contributed by atoms with E-state index in [-0.39, 0.29) is 18.9 Å². The zero-order chi connectivity index (χ0) is 11.6. The van der Waals surface area contributed by atoms with Crippen LogP contribution < -0.4 is 0 Å². The van der Waals surface area contributed by atoms with E-state index in [2.05, 4.69) is 4.74 Å². The zero-order valence-corrected chi connectivity index (χ0v) is 9.53. The first-order valence-electron chi connectivity index (χ1n) is 4.63. The molecule has 0 saturated carbocycles. The summed E-state index contributed by atoms with van der Waals surface area (Å²) in [6, 6.07) is -0.0802. The van der Waals surface area contributed by atoms with Crippen molar-refractivity contribution in [3.05, 3.63) is 0 Å². The molecule has 1 aliphatic heterocycles. The average molecular weight is 237 g/mol. The summed E-state index contributed by atoms with van der Waals surface area (Å²) in [4.78, 5) is 12.9. The van der Waals surface area contributed by atoms with E-state index < -0.39 is 21.5 Å². The summed E-state index contributed by atoms with van der Waals surface area (Å²) in [5, 5.41) is 0. The molecule has 0 aromatic rings. The Balaban J connectivity index is 2.84. The number of esters is 1. The van der Waals surface area contributed by atoms with Crippen LogP contribution in [0, 0.1) is 0 Å². The summed E-state index contributed by atoms with van der Waals surface area (Å²) in [7, 11) is -0.732. The Morgan fingerprint density at radius 3 is 2.53 bits per heavy atom.